The van der Waals surface area contributed by atoms with Crippen molar-refractivity contribution in [2.24, 2.45) is 5.73 Å². The van der Waals surface area contributed by atoms with Crippen LogP contribution < -0.4 is 16.8 Å². The highest BCUT2D eigenvalue weighted by molar-refractivity contribution is 5.66. The highest BCUT2D eigenvalue weighted by Crippen LogP contribution is 2.22. The lowest BCUT2D eigenvalue weighted by Gasteiger charge is -2.11. The molecule has 0 saturated heterocycles. The van der Waals surface area contributed by atoms with Crippen molar-refractivity contribution in [1.29, 1.82) is 0 Å². The largest absolute Gasteiger partial charge is 0.399 e. The molecule has 0 aromatic heterocycles. The van der Waals surface area contributed by atoms with Gasteiger partial charge in [-0.15, -0.1) is 0 Å². The molecule has 88 valence electrons. The fraction of sp³-hybridized carbons (Fsp3) is 0.143. The van der Waals surface area contributed by atoms with Crippen LogP contribution in [0.3, 0.4) is 0 Å². The third-order valence-electron chi connectivity index (χ3n) is 2.69. The Kier molecular flexibility index (Phi) is 3.30. The zero-order valence-corrected chi connectivity index (χ0v) is 9.90. The van der Waals surface area contributed by atoms with E-state index in [0.29, 0.717) is 6.54 Å². The first kappa shape index (κ1) is 11.5. The minimum absolute atomic E-state index is 0.552. The number of rotatable bonds is 3. The molecule has 17 heavy (non-hydrogen) atoms. The summed E-state index contributed by atoms with van der Waals surface area (Å²) in [5.74, 6) is 0. The van der Waals surface area contributed by atoms with E-state index in [1.54, 1.807) is 0 Å². The van der Waals surface area contributed by atoms with E-state index in [0.717, 1.165) is 28.2 Å². The van der Waals surface area contributed by atoms with Crippen molar-refractivity contribution >= 4 is 17.1 Å². The number of hydrogen-bond donors (Lipinski definition) is 3. The van der Waals surface area contributed by atoms with Crippen LogP contribution in [-0.4, -0.2) is 0 Å². The van der Waals surface area contributed by atoms with E-state index in [-0.39, 0.29) is 0 Å². The zero-order valence-electron chi connectivity index (χ0n) is 9.90. The first-order chi connectivity index (χ1) is 8.19. The summed E-state index contributed by atoms with van der Waals surface area (Å²) in [4.78, 5) is 0. The molecule has 2 aromatic carbocycles. The Morgan fingerprint density at radius 2 is 1.94 bits per heavy atom. The summed E-state index contributed by atoms with van der Waals surface area (Å²) >= 11 is 0. The van der Waals surface area contributed by atoms with E-state index in [1.165, 1.54) is 0 Å². The van der Waals surface area contributed by atoms with E-state index in [2.05, 4.69) is 11.4 Å². The fourth-order valence-electron chi connectivity index (χ4n) is 1.76. The first-order valence-electron chi connectivity index (χ1n) is 5.61. The molecule has 0 unspecified atom stereocenters. The Morgan fingerprint density at radius 1 is 1.12 bits per heavy atom. The van der Waals surface area contributed by atoms with Gasteiger partial charge in [-0.3, -0.25) is 0 Å². The zero-order chi connectivity index (χ0) is 12.3. The third kappa shape index (κ3) is 2.77. The molecule has 0 aliphatic carbocycles. The number of hydrogen-bond acceptors (Lipinski definition) is 3. The maximum Gasteiger partial charge on any atom is 0.0415 e. The summed E-state index contributed by atoms with van der Waals surface area (Å²) in [6.45, 7) is 2.59. The van der Waals surface area contributed by atoms with Gasteiger partial charge in [0.2, 0.25) is 0 Å². The van der Waals surface area contributed by atoms with E-state index >= 15 is 0 Å². The summed E-state index contributed by atoms with van der Waals surface area (Å²) in [5.41, 5.74) is 16.5. The van der Waals surface area contributed by atoms with E-state index in [1.807, 2.05) is 43.3 Å². The van der Waals surface area contributed by atoms with Crippen LogP contribution in [0.2, 0.25) is 0 Å². The molecule has 0 spiro atoms. The van der Waals surface area contributed by atoms with Gasteiger partial charge in [0.25, 0.3) is 0 Å². The highest BCUT2D eigenvalue weighted by Gasteiger charge is 2.00. The van der Waals surface area contributed by atoms with Crippen molar-refractivity contribution in [2.75, 3.05) is 11.1 Å². The van der Waals surface area contributed by atoms with Crippen LogP contribution in [-0.2, 0) is 6.54 Å². The minimum Gasteiger partial charge on any atom is -0.399 e. The molecule has 0 aliphatic rings. The Hall–Kier alpha value is -2.00. The molecule has 3 nitrogen and oxygen atoms in total. The molecule has 0 amide bonds. The fourth-order valence-corrected chi connectivity index (χ4v) is 1.76. The van der Waals surface area contributed by atoms with Crippen molar-refractivity contribution in [3.05, 3.63) is 53.6 Å². The summed E-state index contributed by atoms with van der Waals surface area (Å²) < 4.78 is 0. The highest BCUT2D eigenvalue weighted by atomic mass is 14.9. The lowest BCUT2D eigenvalue weighted by atomic mass is 10.1. The quantitative estimate of drug-likeness (QED) is 0.706. The van der Waals surface area contributed by atoms with Crippen LogP contribution in [0, 0.1) is 6.92 Å². The average molecular weight is 227 g/mol. The molecule has 0 radical (unpaired) electrons. The van der Waals surface area contributed by atoms with Gasteiger partial charge in [-0.25, -0.2) is 0 Å². The van der Waals surface area contributed by atoms with Crippen molar-refractivity contribution in [3.8, 4) is 0 Å². The molecule has 5 N–H and O–H groups in total. The third-order valence-corrected chi connectivity index (χ3v) is 2.69. The lowest BCUT2D eigenvalue weighted by molar-refractivity contribution is 1.07. The molecule has 0 bridgehead atoms. The number of nitrogens with two attached hydrogens (primary N) is 2. The predicted molar refractivity (Wildman–Crippen MR) is 73.2 cm³/mol. The van der Waals surface area contributed by atoms with Crippen molar-refractivity contribution in [3.63, 3.8) is 0 Å². The smallest absolute Gasteiger partial charge is 0.0415 e. The van der Waals surface area contributed by atoms with Gasteiger partial charge in [0.05, 0.1) is 0 Å². The minimum atomic E-state index is 0.552. The van der Waals surface area contributed by atoms with E-state index in [4.69, 9.17) is 11.5 Å². The second-order valence-electron chi connectivity index (χ2n) is 4.10. The summed E-state index contributed by atoms with van der Waals surface area (Å²) in [6.07, 6.45) is 0. The van der Waals surface area contributed by atoms with Crippen LogP contribution in [0.1, 0.15) is 11.1 Å². The van der Waals surface area contributed by atoms with Gasteiger partial charge in [0.15, 0.2) is 0 Å². The molecule has 0 atom stereocenters. The summed E-state index contributed by atoms with van der Waals surface area (Å²) in [7, 11) is 0. The second-order valence-corrected chi connectivity index (χ2v) is 4.10. The maximum atomic E-state index is 5.72. The van der Waals surface area contributed by atoms with Crippen molar-refractivity contribution < 1.29 is 0 Å². The number of benzene rings is 2. The van der Waals surface area contributed by atoms with Crippen molar-refractivity contribution in [2.45, 2.75) is 13.5 Å². The Labute approximate surface area is 101 Å². The molecule has 2 aromatic rings. The van der Waals surface area contributed by atoms with Gasteiger partial charge in [0.1, 0.15) is 0 Å². The van der Waals surface area contributed by atoms with Crippen LogP contribution in [0.25, 0.3) is 0 Å². The SMILES string of the molecule is Cc1cc(N)ccc1Nc1cccc(CN)c1. The lowest BCUT2D eigenvalue weighted by Crippen LogP contribution is -1.98. The van der Waals surface area contributed by atoms with Crippen molar-refractivity contribution in [1.82, 2.24) is 0 Å². The number of aryl methyl sites for hydroxylation is 1. The van der Waals surface area contributed by atoms with Crippen LogP contribution in [0.4, 0.5) is 17.1 Å². The molecule has 0 saturated carbocycles. The monoisotopic (exact) mass is 227 g/mol. The summed E-state index contributed by atoms with van der Waals surface area (Å²) in [6, 6.07) is 13.9. The summed E-state index contributed by atoms with van der Waals surface area (Å²) in [5, 5.41) is 3.36. The number of anilines is 3. The van der Waals surface area contributed by atoms with Gasteiger partial charge < -0.3 is 16.8 Å². The molecule has 0 heterocycles. The number of nitrogens with one attached hydrogen (secondary N) is 1. The van der Waals surface area contributed by atoms with Crippen LogP contribution in [0.15, 0.2) is 42.5 Å². The molecule has 0 aliphatic heterocycles. The van der Waals surface area contributed by atoms with E-state index in [9.17, 15) is 0 Å². The Balaban J connectivity index is 2.25. The molecular weight excluding hydrogens is 210 g/mol. The molecule has 0 fully saturated rings. The van der Waals surface area contributed by atoms with Gasteiger partial charge in [-0.2, -0.15) is 0 Å². The van der Waals surface area contributed by atoms with Crippen LogP contribution in [0.5, 0.6) is 0 Å². The van der Waals surface area contributed by atoms with Gasteiger partial charge >= 0.3 is 0 Å². The standard InChI is InChI=1S/C14H17N3/c1-10-7-12(16)5-6-14(10)17-13-4-2-3-11(8-13)9-15/h2-8,17H,9,15-16H2,1H3. The second kappa shape index (κ2) is 4.89. The average Bonchev–Trinajstić information content (AvgIpc) is 2.33. The molecule has 2 rings (SSSR count). The number of nitrogen functional groups attached to an aromatic ring is 1. The molecule has 3 heteroatoms. The van der Waals surface area contributed by atoms with Gasteiger partial charge in [-0.1, -0.05) is 12.1 Å². The van der Waals surface area contributed by atoms with E-state index < -0.39 is 0 Å². The Bertz CT molecular complexity index is 521. The molecular formula is C14H17N3. The maximum absolute atomic E-state index is 5.72. The van der Waals surface area contributed by atoms with Gasteiger partial charge in [-0.05, 0) is 48.4 Å². The predicted octanol–water partition coefficient (Wildman–Crippen LogP) is 2.78. The topological polar surface area (TPSA) is 64.1 Å². The first-order valence-corrected chi connectivity index (χ1v) is 5.61. The van der Waals surface area contributed by atoms with Crippen LogP contribution >= 0.6 is 0 Å². The van der Waals surface area contributed by atoms with Gasteiger partial charge in [0, 0.05) is 23.6 Å². The Morgan fingerprint density at radius 3 is 2.65 bits per heavy atom. The normalized spacial score (nSPS) is 10.2.